The average Bonchev–Trinajstić information content (AvgIpc) is 3.27. The lowest BCUT2D eigenvalue weighted by Crippen LogP contribution is -2.21. The predicted molar refractivity (Wildman–Crippen MR) is 135 cm³/mol. The minimum absolute atomic E-state index is 0.00324. The van der Waals surface area contributed by atoms with Gasteiger partial charge in [0.1, 0.15) is 5.65 Å². The highest BCUT2D eigenvalue weighted by Crippen LogP contribution is 2.33. The first-order valence-corrected chi connectivity index (χ1v) is 11.3. The van der Waals surface area contributed by atoms with Gasteiger partial charge in [0.25, 0.3) is 5.91 Å². The summed E-state index contributed by atoms with van der Waals surface area (Å²) >= 11 is 0. The molecule has 2 N–H and O–H groups in total. The Balaban J connectivity index is 1.49. The van der Waals surface area contributed by atoms with Gasteiger partial charge in [-0.25, -0.2) is 4.98 Å². The highest BCUT2D eigenvalue weighted by atomic mass is 16.2. The third-order valence-electron chi connectivity index (χ3n) is 6.35. The van der Waals surface area contributed by atoms with Crippen LogP contribution in [0.25, 0.3) is 38.9 Å². The van der Waals surface area contributed by atoms with Crippen LogP contribution >= 0.6 is 0 Å². The third-order valence-corrected chi connectivity index (χ3v) is 6.35. The summed E-state index contributed by atoms with van der Waals surface area (Å²) in [6.45, 7) is 4.16. The molecule has 0 saturated carbocycles. The van der Waals surface area contributed by atoms with Crippen molar-refractivity contribution in [2.45, 2.75) is 13.3 Å². The zero-order valence-corrected chi connectivity index (χ0v) is 19.3. The maximum Gasteiger partial charge on any atom is 0.253 e. The molecule has 4 aromatic rings. The van der Waals surface area contributed by atoms with Crippen LogP contribution in [0.2, 0.25) is 0 Å². The highest BCUT2D eigenvalue weighted by molar-refractivity contribution is 5.98. The normalized spacial score (nSPS) is 13.7. The van der Waals surface area contributed by atoms with Crippen LogP contribution in [-0.4, -0.2) is 48.0 Å². The molecule has 2 aromatic heterocycles. The van der Waals surface area contributed by atoms with Crippen molar-refractivity contribution in [3.8, 4) is 22.3 Å². The smallest absolute Gasteiger partial charge is 0.253 e. The Morgan fingerprint density at radius 2 is 1.76 bits per heavy atom. The van der Waals surface area contributed by atoms with E-state index in [1.807, 2.05) is 36.7 Å². The number of aromatic nitrogens is 2. The molecule has 0 bridgehead atoms. The van der Waals surface area contributed by atoms with E-state index in [0.29, 0.717) is 5.56 Å². The fourth-order valence-electron chi connectivity index (χ4n) is 4.52. The van der Waals surface area contributed by atoms with Crippen molar-refractivity contribution in [2.75, 3.05) is 27.2 Å². The van der Waals surface area contributed by atoms with Crippen LogP contribution in [0, 0.1) is 6.92 Å². The summed E-state index contributed by atoms with van der Waals surface area (Å²) < 4.78 is 0. The van der Waals surface area contributed by atoms with Gasteiger partial charge < -0.3 is 15.2 Å². The summed E-state index contributed by atoms with van der Waals surface area (Å²) in [5.74, 6) is 0.00324. The van der Waals surface area contributed by atoms with Crippen LogP contribution in [0.4, 0.5) is 0 Å². The standard InChI is InChI=1S/C28H28N4O/c1-18-14-22(8-9-24(18)20-10-12-29-13-11-20)23-15-25-26(17-31-27(25)30-16-23)19-4-6-21(7-5-19)28(33)32(2)3/h4-10,14-17,29H,11-13H2,1-3H3,(H,30,31). The van der Waals surface area contributed by atoms with Crippen LogP contribution in [0.5, 0.6) is 0 Å². The zero-order chi connectivity index (χ0) is 22.9. The van der Waals surface area contributed by atoms with E-state index in [0.717, 1.165) is 47.2 Å². The average molecular weight is 437 g/mol. The summed E-state index contributed by atoms with van der Waals surface area (Å²) in [6.07, 6.45) is 7.28. The van der Waals surface area contributed by atoms with Crippen molar-refractivity contribution in [1.82, 2.24) is 20.2 Å². The Morgan fingerprint density at radius 3 is 2.45 bits per heavy atom. The monoisotopic (exact) mass is 436 g/mol. The number of carbonyl (C=O) groups excluding carboxylic acids is 1. The van der Waals surface area contributed by atoms with Crippen molar-refractivity contribution in [1.29, 1.82) is 0 Å². The van der Waals surface area contributed by atoms with Gasteiger partial charge in [-0.2, -0.15) is 0 Å². The van der Waals surface area contributed by atoms with Crippen LogP contribution in [0.1, 0.15) is 27.9 Å². The molecule has 5 nitrogen and oxygen atoms in total. The lowest BCUT2D eigenvalue weighted by molar-refractivity contribution is 0.0827. The zero-order valence-electron chi connectivity index (χ0n) is 19.3. The molecule has 1 aliphatic heterocycles. The molecule has 166 valence electrons. The van der Waals surface area contributed by atoms with Gasteiger partial charge in [-0.05, 0) is 65.9 Å². The number of pyridine rings is 1. The van der Waals surface area contributed by atoms with Gasteiger partial charge in [0.15, 0.2) is 0 Å². The van der Waals surface area contributed by atoms with Gasteiger partial charge >= 0.3 is 0 Å². The second-order valence-electron chi connectivity index (χ2n) is 8.81. The number of nitrogens with one attached hydrogen (secondary N) is 2. The van der Waals surface area contributed by atoms with Gasteiger partial charge in [0.2, 0.25) is 0 Å². The first-order valence-electron chi connectivity index (χ1n) is 11.3. The van der Waals surface area contributed by atoms with Crippen LogP contribution in [0.3, 0.4) is 0 Å². The van der Waals surface area contributed by atoms with Gasteiger partial charge in [-0.3, -0.25) is 4.79 Å². The largest absolute Gasteiger partial charge is 0.346 e. The minimum atomic E-state index is 0.00324. The minimum Gasteiger partial charge on any atom is -0.346 e. The SMILES string of the molecule is Cc1cc(-c2cnc3[nH]cc(-c4ccc(C(=O)N(C)C)cc4)c3c2)ccc1C1=CCNCC1. The first-order chi connectivity index (χ1) is 16.0. The Hall–Kier alpha value is -3.70. The number of benzene rings is 2. The number of aromatic amines is 1. The second kappa shape index (κ2) is 8.68. The van der Waals surface area contributed by atoms with Gasteiger partial charge in [-0.15, -0.1) is 0 Å². The molecule has 0 fully saturated rings. The summed E-state index contributed by atoms with van der Waals surface area (Å²) in [6, 6.07) is 16.7. The van der Waals surface area contributed by atoms with E-state index >= 15 is 0 Å². The van der Waals surface area contributed by atoms with E-state index in [9.17, 15) is 4.79 Å². The third kappa shape index (κ3) is 4.08. The number of hydrogen-bond donors (Lipinski definition) is 2. The Labute approximate surface area is 194 Å². The molecule has 1 aliphatic rings. The van der Waals surface area contributed by atoms with Crippen LogP contribution in [-0.2, 0) is 0 Å². The van der Waals surface area contributed by atoms with E-state index in [4.69, 9.17) is 0 Å². The van der Waals surface area contributed by atoms with Crippen molar-refractivity contribution in [2.24, 2.45) is 0 Å². The van der Waals surface area contributed by atoms with Crippen molar-refractivity contribution in [3.63, 3.8) is 0 Å². The topological polar surface area (TPSA) is 61.0 Å². The number of aryl methyl sites for hydroxylation is 1. The molecular weight excluding hydrogens is 408 g/mol. The lowest BCUT2D eigenvalue weighted by Gasteiger charge is -2.17. The summed E-state index contributed by atoms with van der Waals surface area (Å²) in [5.41, 5.74) is 9.99. The molecule has 3 heterocycles. The summed E-state index contributed by atoms with van der Waals surface area (Å²) in [4.78, 5) is 21.8. The summed E-state index contributed by atoms with van der Waals surface area (Å²) in [5, 5.41) is 4.45. The number of H-pyrrole nitrogens is 1. The quantitative estimate of drug-likeness (QED) is 0.457. The molecule has 2 aromatic carbocycles. The fourth-order valence-corrected chi connectivity index (χ4v) is 4.52. The maximum absolute atomic E-state index is 12.2. The van der Waals surface area contributed by atoms with E-state index < -0.39 is 0 Å². The lowest BCUT2D eigenvalue weighted by atomic mass is 9.93. The van der Waals surface area contributed by atoms with E-state index in [1.54, 1.807) is 19.0 Å². The molecule has 0 spiro atoms. The molecule has 0 atom stereocenters. The second-order valence-corrected chi connectivity index (χ2v) is 8.81. The molecule has 5 heteroatoms. The predicted octanol–water partition coefficient (Wildman–Crippen LogP) is 5.28. The van der Waals surface area contributed by atoms with Gasteiger partial charge in [0, 0.05) is 55.1 Å². The van der Waals surface area contributed by atoms with E-state index in [2.05, 4.69) is 52.5 Å². The number of carbonyl (C=O) groups is 1. The summed E-state index contributed by atoms with van der Waals surface area (Å²) in [7, 11) is 3.53. The molecule has 0 aliphatic carbocycles. The Bertz CT molecular complexity index is 1360. The van der Waals surface area contributed by atoms with Crippen molar-refractivity contribution in [3.05, 3.63) is 83.7 Å². The highest BCUT2D eigenvalue weighted by Gasteiger charge is 2.13. The van der Waals surface area contributed by atoms with Crippen molar-refractivity contribution < 1.29 is 4.79 Å². The Kier molecular flexibility index (Phi) is 5.56. The van der Waals surface area contributed by atoms with Crippen molar-refractivity contribution >= 4 is 22.5 Å². The van der Waals surface area contributed by atoms with Crippen LogP contribution in [0.15, 0.2) is 67.0 Å². The molecular formula is C28H28N4O. The van der Waals surface area contributed by atoms with Gasteiger partial charge in [0.05, 0.1) is 0 Å². The Morgan fingerprint density at radius 1 is 0.970 bits per heavy atom. The molecule has 5 rings (SSSR count). The number of hydrogen-bond acceptors (Lipinski definition) is 3. The van der Waals surface area contributed by atoms with E-state index in [1.165, 1.54) is 22.3 Å². The maximum atomic E-state index is 12.2. The molecule has 0 radical (unpaired) electrons. The number of rotatable bonds is 4. The number of nitrogens with zero attached hydrogens (tertiary/aromatic N) is 2. The fraction of sp³-hybridized carbons (Fsp3) is 0.214. The van der Waals surface area contributed by atoms with E-state index in [-0.39, 0.29) is 5.91 Å². The number of amides is 1. The molecule has 1 amide bonds. The van der Waals surface area contributed by atoms with Gasteiger partial charge in [-0.1, -0.05) is 36.4 Å². The molecule has 0 unspecified atom stereocenters. The molecule has 33 heavy (non-hydrogen) atoms. The molecule has 0 saturated heterocycles. The first kappa shape index (κ1) is 21.2. The van der Waals surface area contributed by atoms with Crippen LogP contribution < -0.4 is 5.32 Å². The number of fused-ring (bicyclic) bond motifs is 1.